The molecule has 4 nitrogen and oxygen atoms in total. The van der Waals surface area contributed by atoms with E-state index in [-0.39, 0.29) is 5.75 Å². The second-order valence-electron chi connectivity index (χ2n) is 6.77. The van der Waals surface area contributed by atoms with Crippen LogP contribution in [0.25, 0.3) is 10.9 Å². The van der Waals surface area contributed by atoms with Crippen molar-refractivity contribution in [2.24, 2.45) is 0 Å². The number of aryl methyl sites for hydroxylation is 2. The molecule has 0 bridgehead atoms. The minimum Gasteiger partial charge on any atom is -0.358 e. The smallest absolute Gasteiger partial charge is 0.214 e. The monoisotopic (exact) mass is 354 g/mol. The van der Waals surface area contributed by atoms with E-state index in [4.69, 9.17) is 0 Å². The average Bonchev–Trinajstić information content (AvgIpc) is 2.98. The molecule has 0 atom stereocenters. The van der Waals surface area contributed by atoms with E-state index < -0.39 is 10.0 Å². The second-order valence-corrected chi connectivity index (χ2v) is 8.85. The highest BCUT2D eigenvalue weighted by molar-refractivity contribution is 7.89. The van der Waals surface area contributed by atoms with Crippen molar-refractivity contribution in [2.75, 3.05) is 12.3 Å². The number of nitrogens with one attached hydrogen (secondary N) is 1. The lowest BCUT2D eigenvalue weighted by Gasteiger charge is -2.26. The lowest BCUT2D eigenvalue weighted by Crippen LogP contribution is -2.37. The van der Waals surface area contributed by atoms with E-state index in [9.17, 15) is 8.42 Å². The van der Waals surface area contributed by atoms with E-state index >= 15 is 0 Å². The first-order chi connectivity index (χ1) is 12.0. The Labute approximate surface area is 148 Å². The molecule has 1 N–H and O–H groups in total. The normalized spacial score (nSPS) is 15.4. The van der Waals surface area contributed by atoms with Gasteiger partial charge in [-0.15, -0.1) is 0 Å². The average molecular weight is 354 g/mol. The zero-order chi connectivity index (χ0) is 17.4. The van der Waals surface area contributed by atoms with Gasteiger partial charge in [-0.1, -0.05) is 42.0 Å². The molecule has 3 aromatic rings. The van der Waals surface area contributed by atoms with Gasteiger partial charge in [0.1, 0.15) is 0 Å². The summed E-state index contributed by atoms with van der Waals surface area (Å²) in [5.74, 6) is 0.160. The molecule has 5 heteroatoms. The minimum absolute atomic E-state index is 0.160. The number of benzene rings is 2. The number of fused-ring (bicyclic) bond motifs is 3. The van der Waals surface area contributed by atoms with Crippen molar-refractivity contribution in [2.45, 2.75) is 26.3 Å². The van der Waals surface area contributed by atoms with Crippen LogP contribution in [-0.4, -0.2) is 30.0 Å². The summed E-state index contributed by atoms with van der Waals surface area (Å²) in [6.07, 6.45) is 1.30. The zero-order valence-corrected chi connectivity index (χ0v) is 15.1. The molecule has 2 heterocycles. The molecule has 0 saturated carbocycles. The first-order valence-electron chi connectivity index (χ1n) is 8.65. The molecule has 0 fully saturated rings. The Hall–Kier alpha value is -2.11. The molecule has 1 aliphatic heterocycles. The van der Waals surface area contributed by atoms with Gasteiger partial charge in [0, 0.05) is 36.1 Å². The maximum Gasteiger partial charge on any atom is 0.214 e. The third-order valence-corrected chi connectivity index (χ3v) is 6.80. The zero-order valence-electron chi connectivity index (χ0n) is 14.3. The number of rotatable bonds is 4. The summed E-state index contributed by atoms with van der Waals surface area (Å²) >= 11 is 0. The lowest BCUT2D eigenvalue weighted by atomic mass is 10.0. The molecular formula is C20H22N2O2S. The maximum atomic E-state index is 12.8. The molecule has 0 spiro atoms. The number of hydrogen-bond donors (Lipinski definition) is 1. The number of H-pyrrole nitrogens is 1. The number of aromatic amines is 1. The summed E-state index contributed by atoms with van der Waals surface area (Å²) in [5, 5.41) is 1.15. The van der Waals surface area contributed by atoms with E-state index in [0.29, 0.717) is 19.5 Å². The van der Waals surface area contributed by atoms with Crippen molar-refractivity contribution in [3.63, 3.8) is 0 Å². The van der Waals surface area contributed by atoms with Crippen LogP contribution in [0.2, 0.25) is 0 Å². The van der Waals surface area contributed by atoms with Crippen molar-refractivity contribution >= 4 is 20.9 Å². The predicted molar refractivity (Wildman–Crippen MR) is 101 cm³/mol. The number of aromatic nitrogens is 1. The largest absolute Gasteiger partial charge is 0.358 e. The Morgan fingerprint density at radius 3 is 2.72 bits per heavy atom. The number of hydrogen-bond acceptors (Lipinski definition) is 2. The first-order valence-corrected chi connectivity index (χ1v) is 10.3. The second kappa shape index (κ2) is 6.32. The summed E-state index contributed by atoms with van der Waals surface area (Å²) in [6.45, 7) is 3.09. The topological polar surface area (TPSA) is 53.2 Å². The minimum atomic E-state index is -3.26. The third kappa shape index (κ3) is 3.22. The van der Waals surface area contributed by atoms with Gasteiger partial charge in [-0.3, -0.25) is 0 Å². The van der Waals surface area contributed by atoms with Crippen molar-refractivity contribution in [3.05, 3.63) is 70.9 Å². The van der Waals surface area contributed by atoms with Gasteiger partial charge in [0.25, 0.3) is 0 Å². The Balaban J connectivity index is 1.56. The predicted octanol–water partition coefficient (Wildman–Crippen LogP) is 3.41. The van der Waals surface area contributed by atoms with E-state index in [1.165, 1.54) is 11.3 Å². The van der Waals surface area contributed by atoms with Crippen LogP contribution in [0, 0.1) is 6.92 Å². The summed E-state index contributed by atoms with van der Waals surface area (Å²) in [4.78, 5) is 3.45. The van der Waals surface area contributed by atoms with Gasteiger partial charge in [0.05, 0.1) is 5.75 Å². The Bertz CT molecular complexity index is 1010. The van der Waals surface area contributed by atoms with E-state index in [1.807, 2.05) is 30.3 Å². The van der Waals surface area contributed by atoms with Crippen LogP contribution in [0.1, 0.15) is 22.4 Å². The van der Waals surface area contributed by atoms with Crippen LogP contribution in [-0.2, 0) is 29.4 Å². The highest BCUT2D eigenvalue weighted by Crippen LogP contribution is 2.29. The van der Waals surface area contributed by atoms with E-state index in [2.05, 4.69) is 30.1 Å². The molecule has 1 aromatic heterocycles. The van der Waals surface area contributed by atoms with Crippen molar-refractivity contribution in [3.8, 4) is 0 Å². The summed E-state index contributed by atoms with van der Waals surface area (Å²) in [5.41, 5.74) is 5.66. The molecule has 2 aromatic carbocycles. The van der Waals surface area contributed by atoms with Crippen molar-refractivity contribution in [1.82, 2.24) is 9.29 Å². The fourth-order valence-corrected chi connectivity index (χ4v) is 5.01. The Kier molecular flexibility index (Phi) is 4.13. The van der Waals surface area contributed by atoms with E-state index in [1.54, 1.807) is 4.31 Å². The van der Waals surface area contributed by atoms with Gasteiger partial charge in [0.2, 0.25) is 10.0 Å². The third-order valence-electron chi connectivity index (χ3n) is 4.98. The summed E-state index contributed by atoms with van der Waals surface area (Å²) in [6, 6.07) is 16.1. The Morgan fingerprint density at radius 1 is 1.12 bits per heavy atom. The number of nitrogens with zero attached hydrogens (tertiary/aromatic N) is 1. The molecule has 0 saturated heterocycles. The maximum absolute atomic E-state index is 12.8. The molecule has 0 radical (unpaired) electrons. The summed E-state index contributed by atoms with van der Waals surface area (Å²) in [7, 11) is -3.26. The van der Waals surface area contributed by atoms with Gasteiger partial charge in [0.15, 0.2) is 0 Å². The molecule has 130 valence electrons. The van der Waals surface area contributed by atoms with Crippen molar-refractivity contribution in [1.29, 1.82) is 0 Å². The quantitative estimate of drug-likeness (QED) is 0.781. The SMILES string of the molecule is Cc1ccc2[nH]c3c(c2c1)CN(S(=O)(=O)CCc1ccccc1)CC3. The summed E-state index contributed by atoms with van der Waals surface area (Å²) < 4.78 is 27.3. The molecular weight excluding hydrogens is 332 g/mol. The van der Waals surface area contributed by atoms with Crippen LogP contribution >= 0.6 is 0 Å². The van der Waals surface area contributed by atoms with Gasteiger partial charge >= 0.3 is 0 Å². The van der Waals surface area contributed by atoms with Crippen LogP contribution in [0.15, 0.2) is 48.5 Å². The lowest BCUT2D eigenvalue weighted by molar-refractivity contribution is 0.391. The van der Waals surface area contributed by atoms with E-state index in [0.717, 1.165) is 28.5 Å². The fraction of sp³-hybridized carbons (Fsp3) is 0.300. The molecule has 1 aliphatic rings. The van der Waals surface area contributed by atoms with Crippen LogP contribution in [0.5, 0.6) is 0 Å². The van der Waals surface area contributed by atoms with Gasteiger partial charge < -0.3 is 4.98 Å². The first kappa shape index (κ1) is 16.4. The molecule has 4 rings (SSSR count). The fourth-order valence-electron chi connectivity index (χ4n) is 3.56. The van der Waals surface area contributed by atoms with Gasteiger partial charge in [-0.05, 0) is 36.6 Å². The van der Waals surface area contributed by atoms with Gasteiger partial charge in [-0.2, -0.15) is 4.31 Å². The molecule has 0 unspecified atom stereocenters. The van der Waals surface area contributed by atoms with Gasteiger partial charge in [-0.25, -0.2) is 8.42 Å². The number of sulfonamides is 1. The standard InChI is InChI=1S/C20H22N2O2S/c1-15-7-8-19-17(13-15)18-14-22(11-9-20(18)21-19)25(23,24)12-10-16-5-3-2-4-6-16/h2-8,13,21H,9-12,14H2,1H3. The van der Waals surface area contributed by atoms with Crippen LogP contribution < -0.4 is 0 Å². The highest BCUT2D eigenvalue weighted by atomic mass is 32.2. The van der Waals surface area contributed by atoms with Crippen molar-refractivity contribution < 1.29 is 8.42 Å². The van der Waals surface area contributed by atoms with Crippen LogP contribution in [0.4, 0.5) is 0 Å². The molecule has 0 amide bonds. The molecule has 0 aliphatic carbocycles. The highest BCUT2D eigenvalue weighted by Gasteiger charge is 2.28. The molecule has 25 heavy (non-hydrogen) atoms. The Morgan fingerprint density at radius 2 is 1.92 bits per heavy atom. The van der Waals surface area contributed by atoms with Crippen LogP contribution in [0.3, 0.4) is 0 Å².